The topological polar surface area (TPSA) is 88.7 Å². The highest BCUT2D eigenvalue weighted by Crippen LogP contribution is 2.37. The Morgan fingerprint density at radius 2 is 1.96 bits per heavy atom. The van der Waals surface area contributed by atoms with E-state index in [4.69, 9.17) is 9.47 Å². The normalized spacial score (nSPS) is 20.3. The van der Waals surface area contributed by atoms with E-state index in [0.717, 1.165) is 55.5 Å². The first kappa shape index (κ1) is 19.3. The predicted octanol–water partition coefficient (Wildman–Crippen LogP) is 3.33. The molecule has 7 nitrogen and oxygen atoms in total. The largest absolute Gasteiger partial charge is 0.454 e. The van der Waals surface area contributed by atoms with Crippen LogP contribution >= 0.6 is 0 Å². The molecule has 1 aromatic carbocycles. The summed E-state index contributed by atoms with van der Waals surface area (Å²) in [5, 5.41) is 8.80. The van der Waals surface area contributed by atoms with Gasteiger partial charge in [-0.1, -0.05) is 26.2 Å². The molecular weight excluding hydrogens is 346 g/mol. The minimum absolute atomic E-state index is 0.0235. The molecule has 3 amide bonds. The van der Waals surface area contributed by atoms with Crippen molar-refractivity contribution in [2.24, 2.45) is 0 Å². The molecular formula is C20H29N3O4. The lowest BCUT2D eigenvalue weighted by Gasteiger charge is -2.14. The molecule has 0 aliphatic carbocycles. The van der Waals surface area contributed by atoms with Crippen molar-refractivity contribution < 1.29 is 19.1 Å². The average Bonchev–Trinajstić information content (AvgIpc) is 3.20. The zero-order valence-electron chi connectivity index (χ0n) is 16.1. The lowest BCUT2D eigenvalue weighted by molar-refractivity contribution is -0.116. The van der Waals surface area contributed by atoms with Crippen LogP contribution in [0, 0.1) is 0 Å². The highest BCUT2D eigenvalue weighted by atomic mass is 16.7. The summed E-state index contributed by atoms with van der Waals surface area (Å²) in [5.41, 5.74) is 1.90. The number of ether oxygens (including phenoxy) is 2. The number of hydrogen-bond acceptors (Lipinski definition) is 4. The molecule has 2 aliphatic heterocycles. The zero-order valence-corrected chi connectivity index (χ0v) is 16.1. The van der Waals surface area contributed by atoms with Crippen LogP contribution in [0.15, 0.2) is 12.1 Å². The number of benzene rings is 1. The Labute approximate surface area is 160 Å². The molecule has 1 saturated heterocycles. The van der Waals surface area contributed by atoms with Crippen molar-refractivity contribution in [3.05, 3.63) is 17.7 Å². The minimum atomic E-state index is -0.0847. The van der Waals surface area contributed by atoms with Crippen molar-refractivity contribution in [2.45, 2.75) is 70.9 Å². The summed E-state index contributed by atoms with van der Waals surface area (Å²) in [5.74, 6) is 1.46. The molecule has 0 saturated carbocycles. The summed E-state index contributed by atoms with van der Waals surface area (Å²) in [4.78, 5) is 23.6. The Balaban J connectivity index is 1.42. The summed E-state index contributed by atoms with van der Waals surface area (Å²) < 4.78 is 10.9. The van der Waals surface area contributed by atoms with Gasteiger partial charge in [-0.15, -0.1) is 0 Å². The molecule has 1 fully saturated rings. The number of fused-ring (bicyclic) bond motifs is 1. The van der Waals surface area contributed by atoms with E-state index in [1.807, 2.05) is 19.1 Å². The van der Waals surface area contributed by atoms with Gasteiger partial charge in [-0.3, -0.25) is 4.79 Å². The van der Waals surface area contributed by atoms with Gasteiger partial charge in [0.1, 0.15) is 0 Å². The fourth-order valence-electron chi connectivity index (χ4n) is 3.58. The average molecular weight is 375 g/mol. The standard InChI is InChI=1S/C20H29N3O4/c1-3-7-14-10-17-18(27-12-26-17)11-16(14)22-19(24)9-6-4-5-8-15-13(2)21-20(25)23-15/h10-11,13,15H,3-9,12H2,1-2H3,(H,22,24)(H2,21,23,25)/t13-,15-/m0/s1. The second-order valence-electron chi connectivity index (χ2n) is 7.27. The quantitative estimate of drug-likeness (QED) is 0.578. The van der Waals surface area contributed by atoms with Gasteiger partial charge in [0.15, 0.2) is 11.5 Å². The SMILES string of the molecule is CCCc1cc2c(cc1NC(=O)CCCCC[C@@H]1NC(=O)N[C@H]1C)OCO2. The van der Waals surface area contributed by atoms with Crippen molar-refractivity contribution in [1.82, 2.24) is 10.6 Å². The molecule has 2 heterocycles. The Morgan fingerprint density at radius 3 is 2.67 bits per heavy atom. The Morgan fingerprint density at radius 1 is 1.19 bits per heavy atom. The van der Waals surface area contributed by atoms with E-state index in [2.05, 4.69) is 22.9 Å². The van der Waals surface area contributed by atoms with Crippen LogP contribution in [0.25, 0.3) is 0 Å². The molecule has 2 atom stereocenters. The molecule has 3 rings (SSSR count). The highest BCUT2D eigenvalue weighted by Gasteiger charge is 2.26. The summed E-state index contributed by atoms with van der Waals surface area (Å²) >= 11 is 0. The molecule has 0 spiro atoms. The number of unbranched alkanes of at least 4 members (excludes halogenated alkanes) is 2. The molecule has 3 N–H and O–H groups in total. The van der Waals surface area contributed by atoms with E-state index < -0.39 is 0 Å². The Bertz CT molecular complexity index is 692. The number of carbonyl (C=O) groups excluding carboxylic acids is 2. The zero-order chi connectivity index (χ0) is 19.2. The van der Waals surface area contributed by atoms with Gasteiger partial charge in [0.2, 0.25) is 12.7 Å². The van der Waals surface area contributed by atoms with Gasteiger partial charge in [-0.2, -0.15) is 0 Å². The first-order valence-electron chi connectivity index (χ1n) is 9.86. The van der Waals surface area contributed by atoms with Crippen LogP contribution in [0.1, 0.15) is 57.9 Å². The predicted molar refractivity (Wildman–Crippen MR) is 103 cm³/mol. The third-order valence-corrected chi connectivity index (χ3v) is 5.09. The molecule has 2 aliphatic rings. The number of carbonyl (C=O) groups is 2. The summed E-state index contributed by atoms with van der Waals surface area (Å²) in [7, 11) is 0. The van der Waals surface area contributed by atoms with Crippen LogP contribution in [-0.4, -0.2) is 30.8 Å². The molecule has 27 heavy (non-hydrogen) atoms. The fraction of sp³-hybridized carbons (Fsp3) is 0.600. The second-order valence-corrected chi connectivity index (χ2v) is 7.27. The molecule has 0 unspecified atom stereocenters. The number of aryl methyl sites for hydroxylation is 1. The van der Waals surface area contributed by atoms with Crippen molar-refractivity contribution >= 4 is 17.6 Å². The van der Waals surface area contributed by atoms with Crippen LogP contribution in [0.4, 0.5) is 10.5 Å². The lowest BCUT2D eigenvalue weighted by atomic mass is 10.0. The Kier molecular flexibility index (Phi) is 6.42. The highest BCUT2D eigenvalue weighted by molar-refractivity contribution is 5.92. The van der Waals surface area contributed by atoms with Gasteiger partial charge in [-0.25, -0.2) is 4.79 Å². The molecule has 0 radical (unpaired) electrons. The van der Waals surface area contributed by atoms with E-state index in [1.54, 1.807) is 0 Å². The monoisotopic (exact) mass is 375 g/mol. The van der Waals surface area contributed by atoms with E-state index in [1.165, 1.54) is 0 Å². The third-order valence-electron chi connectivity index (χ3n) is 5.09. The van der Waals surface area contributed by atoms with E-state index in [-0.39, 0.29) is 30.8 Å². The van der Waals surface area contributed by atoms with Crippen molar-refractivity contribution in [3.63, 3.8) is 0 Å². The Hall–Kier alpha value is -2.44. The van der Waals surface area contributed by atoms with Crippen molar-refractivity contribution in [3.8, 4) is 11.5 Å². The molecule has 1 aromatic rings. The maximum atomic E-state index is 12.3. The van der Waals surface area contributed by atoms with Gasteiger partial charge in [0.05, 0.1) is 6.04 Å². The van der Waals surface area contributed by atoms with Crippen LogP contribution in [-0.2, 0) is 11.2 Å². The maximum absolute atomic E-state index is 12.3. The van der Waals surface area contributed by atoms with Crippen LogP contribution in [0.5, 0.6) is 11.5 Å². The van der Waals surface area contributed by atoms with Gasteiger partial charge >= 0.3 is 6.03 Å². The first-order valence-corrected chi connectivity index (χ1v) is 9.86. The number of urea groups is 1. The first-order chi connectivity index (χ1) is 13.1. The second kappa shape index (κ2) is 8.97. The number of anilines is 1. The molecule has 7 heteroatoms. The van der Waals surface area contributed by atoms with E-state index in [0.29, 0.717) is 12.2 Å². The summed E-state index contributed by atoms with van der Waals surface area (Å²) in [6, 6.07) is 4.11. The number of nitrogens with one attached hydrogen (secondary N) is 3. The number of hydrogen-bond donors (Lipinski definition) is 3. The smallest absolute Gasteiger partial charge is 0.315 e. The molecule has 0 bridgehead atoms. The fourth-order valence-corrected chi connectivity index (χ4v) is 3.58. The van der Waals surface area contributed by atoms with Crippen LogP contribution in [0.2, 0.25) is 0 Å². The molecule has 0 aromatic heterocycles. The van der Waals surface area contributed by atoms with Crippen LogP contribution in [0.3, 0.4) is 0 Å². The minimum Gasteiger partial charge on any atom is -0.454 e. The van der Waals surface area contributed by atoms with Crippen molar-refractivity contribution in [1.29, 1.82) is 0 Å². The third kappa shape index (κ3) is 5.05. The van der Waals surface area contributed by atoms with Gasteiger partial charge in [0.25, 0.3) is 0 Å². The van der Waals surface area contributed by atoms with Gasteiger partial charge in [0, 0.05) is 24.2 Å². The van der Waals surface area contributed by atoms with Crippen molar-refractivity contribution in [2.75, 3.05) is 12.1 Å². The van der Waals surface area contributed by atoms with Gasteiger partial charge in [-0.05, 0) is 37.8 Å². The summed E-state index contributed by atoms with van der Waals surface area (Å²) in [6.45, 7) is 4.35. The van der Waals surface area contributed by atoms with Gasteiger partial charge < -0.3 is 25.4 Å². The lowest BCUT2D eigenvalue weighted by Crippen LogP contribution is -2.30. The van der Waals surface area contributed by atoms with Crippen LogP contribution < -0.4 is 25.4 Å². The summed E-state index contributed by atoms with van der Waals surface area (Å²) in [6.07, 6.45) is 6.10. The number of amides is 3. The molecule has 148 valence electrons. The van der Waals surface area contributed by atoms with E-state index in [9.17, 15) is 9.59 Å². The maximum Gasteiger partial charge on any atom is 0.315 e. The number of rotatable bonds is 9. The van der Waals surface area contributed by atoms with E-state index >= 15 is 0 Å².